The number of hydrogen-bond donors (Lipinski definition) is 1. The summed E-state index contributed by atoms with van der Waals surface area (Å²) in [5, 5.41) is 2.82. The second-order valence-electron chi connectivity index (χ2n) is 5.72. The fraction of sp³-hybridized carbons (Fsp3) is 0.200. The van der Waals surface area contributed by atoms with Crippen LogP contribution in [0.25, 0.3) is 6.08 Å². The van der Waals surface area contributed by atoms with Crippen molar-refractivity contribution in [1.29, 1.82) is 0 Å². The molecule has 0 aliphatic heterocycles. The summed E-state index contributed by atoms with van der Waals surface area (Å²) in [4.78, 5) is 24.1. The van der Waals surface area contributed by atoms with Crippen LogP contribution < -0.4 is 5.32 Å². The van der Waals surface area contributed by atoms with Crippen LogP contribution in [0.4, 0.5) is 5.69 Å². The van der Waals surface area contributed by atoms with Crippen molar-refractivity contribution in [3.05, 3.63) is 69.7 Å². The van der Waals surface area contributed by atoms with Gasteiger partial charge in [0.1, 0.15) is 0 Å². The molecule has 0 aromatic heterocycles. The number of rotatable bonds is 5. The van der Waals surface area contributed by atoms with E-state index in [0.717, 1.165) is 26.9 Å². The molecule has 25 heavy (non-hydrogen) atoms. The summed E-state index contributed by atoms with van der Waals surface area (Å²) in [6.45, 7) is 5.38. The summed E-state index contributed by atoms with van der Waals surface area (Å²) in [5.41, 5.74) is 3.54. The number of amides is 1. The molecular weight excluding hydrogens is 382 g/mol. The van der Waals surface area contributed by atoms with Crippen LogP contribution in [0.1, 0.15) is 23.6 Å². The van der Waals surface area contributed by atoms with Gasteiger partial charge < -0.3 is 10.1 Å². The van der Waals surface area contributed by atoms with Crippen LogP contribution in [-0.2, 0) is 14.3 Å². The average molecular weight is 402 g/mol. The van der Waals surface area contributed by atoms with Gasteiger partial charge in [-0.25, -0.2) is 4.79 Å². The van der Waals surface area contributed by atoms with Crippen LogP contribution in [0.2, 0.25) is 0 Å². The number of aryl methyl sites for hydroxylation is 2. The standard InChI is InChI=1S/C20H20BrNO3/c1-13-5-4-6-14(2)19(13)22-20(24)15(3)25-18(23)12-9-16-7-10-17(21)11-8-16/h4-12,15H,1-3H3,(H,22,24)/b12-9+. The molecule has 1 N–H and O–H groups in total. The van der Waals surface area contributed by atoms with E-state index in [9.17, 15) is 9.59 Å². The summed E-state index contributed by atoms with van der Waals surface area (Å²) in [6, 6.07) is 13.3. The highest BCUT2D eigenvalue weighted by molar-refractivity contribution is 9.10. The number of carbonyl (C=O) groups is 2. The van der Waals surface area contributed by atoms with Crippen molar-refractivity contribution in [3.8, 4) is 0 Å². The maximum atomic E-state index is 12.2. The van der Waals surface area contributed by atoms with E-state index in [1.165, 1.54) is 6.08 Å². The molecule has 2 rings (SSSR count). The van der Waals surface area contributed by atoms with Crippen LogP contribution >= 0.6 is 15.9 Å². The maximum Gasteiger partial charge on any atom is 0.331 e. The van der Waals surface area contributed by atoms with Gasteiger partial charge in [-0.3, -0.25) is 4.79 Å². The number of anilines is 1. The van der Waals surface area contributed by atoms with Crippen molar-refractivity contribution >= 4 is 39.6 Å². The summed E-state index contributed by atoms with van der Waals surface area (Å²) in [7, 11) is 0. The number of hydrogen-bond acceptors (Lipinski definition) is 3. The van der Waals surface area contributed by atoms with Gasteiger partial charge in [0.15, 0.2) is 6.10 Å². The predicted molar refractivity (Wildman–Crippen MR) is 103 cm³/mol. The van der Waals surface area contributed by atoms with Crippen molar-refractivity contribution in [2.24, 2.45) is 0 Å². The molecule has 0 aliphatic rings. The van der Waals surface area contributed by atoms with Gasteiger partial charge in [-0.05, 0) is 55.7 Å². The highest BCUT2D eigenvalue weighted by Crippen LogP contribution is 2.19. The molecule has 0 heterocycles. The zero-order chi connectivity index (χ0) is 18.4. The molecule has 0 fully saturated rings. The third-order valence-corrected chi connectivity index (χ3v) is 4.20. The number of esters is 1. The maximum absolute atomic E-state index is 12.2. The monoisotopic (exact) mass is 401 g/mol. The van der Waals surface area contributed by atoms with E-state index in [1.54, 1.807) is 13.0 Å². The number of para-hydroxylation sites is 1. The smallest absolute Gasteiger partial charge is 0.331 e. The van der Waals surface area contributed by atoms with Crippen LogP contribution in [-0.4, -0.2) is 18.0 Å². The molecule has 2 aromatic rings. The fourth-order valence-corrected chi connectivity index (χ4v) is 2.51. The number of ether oxygens (including phenoxy) is 1. The van der Waals surface area contributed by atoms with Crippen molar-refractivity contribution in [2.45, 2.75) is 26.9 Å². The van der Waals surface area contributed by atoms with Crippen molar-refractivity contribution in [3.63, 3.8) is 0 Å². The Morgan fingerprint density at radius 1 is 1.08 bits per heavy atom. The van der Waals surface area contributed by atoms with Gasteiger partial charge in [-0.15, -0.1) is 0 Å². The Bertz CT molecular complexity index is 777. The Morgan fingerprint density at radius 2 is 1.68 bits per heavy atom. The van der Waals surface area contributed by atoms with Gasteiger partial charge in [0, 0.05) is 16.2 Å². The van der Waals surface area contributed by atoms with Crippen LogP contribution in [0, 0.1) is 13.8 Å². The summed E-state index contributed by atoms with van der Waals surface area (Å²) >= 11 is 3.35. The van der Waals surface area contributed by atoms with E-state index in [2.05, 4.69) is 21.2 Å². The molecule has 5 heteroatoms. The molecule has 0 bridgehead atoms. The number of halogens is 1. The van der Waals surface area contributed by atoms with E-state index in [1.807, 2.05) is 56.3 Å². The zero-order valence-electron chi connectivity index (χ0n) is 14.4. The van der Waals surface area contributed by atoms with Gasteiger partial charge in [-0.2, -0.15) is 0 Å². The van der Waals surface area contributed by atoms with E-state index in [0.29, 0.717) is 0 Å². The lowest BCUT2D eigenvalue weighted by atomic mass is 10.1. The first-order chi connectivity index (χ1) is 11.9. The minimum Gasteiger partial charge on any atom is -0.449 e. The van der Waals surface area contributed by atoms with Crippen molar-refractivity contribution in [2.75, 3.05) is 5.32 Å². The lowest BCUT2D eigenvalue weighted by molar-refractivity contribution is -0.148. The molecular formula is C20H20BrNO3. The van der Waals surface area contributed by atoms with Gasteiger partial charge in [0.05, 0.1) is 0 Å². The number of nitrogens with one attached hydrogen (secondary N) is 1. The van der Waals surface area contributed by atoms with Gasteiger partial charge in [0.2, 0.25) is 0 Å². The Morgan fingerprint density at radius 3 is 2.28 bits per heavy atom. The van der Waals surface area contributed by atoms with Gasteiger partial charge in [-0.1, -0.05) is 46.3 Å². The molecule has 1 unspecified atom stereocenters. The normalized spacial score (nSPS) is 12.0. The Hall–Kier alpha value is -2.40. The third kappa shape index (κ3) is 5.57. The lowest BCUT2D eigenvalue weighted by Gasteiger charge is -2.15. The van der Waals surface area contributed by atoms with E-state index >= 15 is 0 Å². The first-order valence-electron chi connectivity index (χ1n) is 7.88. The summed E-state index contributed by atoms with van der Waals surface area (Å²) in [5.74, 6) is -0.921. The predicted octanol–water partition coefficient (Wildman–Crippen LogP) is 4.65. The SMILES string of the molecule is Cc1cccc(C)c1NC(=O)C(C)OC(=O)/C=C/c1ccc(Br)cc1. The van der Waals surface area contributed by atoms with E-state index < -0.39 is 12.1 Å². The summed E-state index contributed by atoms with van der Waals surface area (Å²) < 4.78 is 6.12. The topological polar surface area (TPSA) is 55.4 Å². The second kappa shape index (κ2) is 8.62. The molecule has 0 saturated heterocycles. The quantitative estimate of drug-likeness (QED) is 0.585. The van der Waals surface area contributed by atoms with E-state index in [-0.39, 0.29) is 5.91 Å². The average Bonchev–Trinajstić information content (AvgIpc) is 2.57. The Balaban J connectivity index is 1.94. The molecule has 0 aliphatic carbocycles. The fourth-order valence-electron chi connectivity index (χ4n) is 2.24. The first kappa shape index (κ1) is 18.9. The molecule has 130 valence electrons. The molecule has 1 amide bonds. The lowest BCUT2D eigenvalue weighted by Crippen LogP contribution is -2.30. The number of benzene rings is 2. The van der Waals surface area contributed by atoms with Crippen LogP contribution in [0.15, 0.2) is 53.0 Å². The summed E-state index contributed by atoms with van der Waals surface area (Å²) in [6.07, 6.45) is 2.07. The minimum absolute atomic E-state index is 0.359. The van der Waals surface area contributed by atoms with Gasteiger partial charge in [0.25, 0.3) is 5.91 Å². The molecule has 0 radical (unpaired) electrons. The van der Waals surface area contributed by atoms with Crippen LogP contribution in [0.3, 0.4) is 0 Å². The highest BCUT2D eigenvalue weighted by Gasteiger charge is 2.18. The highest BCUT2D eigenvalue weighted by atomic mass is 79.9. The van der Waals surface area contributed by atoms with E-state index in [4.69, 9.17) is 4.74 Å². The van der Waals surface area contributed by atoms with Crippen LogP contribution in [0.5, 0.6) is 0 Å². The van der Waals surface area contributed by atoms with Gasteiger partial charge >= 0.3 is 5.97 Å². The first-order valence-corrected chi connectivity index (χ1v) is 8.67. The Labute approximate surface area is 156 Å². The largest absolute Gasteiger partial charge is 0.449 e. The zero-order valence-corrected chi connectivity index (χ0v) is 16.0. The second-order valence-corrected chi connectivity index (χ2v) is 6.64. The molecule has 2 aromatic carbocycles. The minimum atomic E-state index is -0.888. The molecule has 1 atom stereocenters. The molecule has 0 saturated carbocycles. The van der Waals surface area contributed by atoms with Crippen molar-refractivity contribution in [1.82, 2.24) is 0 Å². The van der Waals surface area contributed by atoms with Crippen molar-refractivity contribution < 1.29 is 14.3 Å². The molecule has 0 spiro atoms. The molecule has 4 nitrogen and oxygen atoms in total. The third-order valence-electron chi connectivity index (χ3n) is 3.67. The number of carbonyl (C=O) groups excluding carboxylic acids is 2. The Kier molecular flexibility index (Phi) is 6.53.